The molecule has 1 aliphatic carbocycles. The van der Waals surface area contributed by atoms with E-state index in [9.17, 15) is 10.1 Å². The molecule has 0 radical (unpaired) electrons. The Labute approximate surface area is 247 Å². The van der Waals surface area contributed by atoms with Crippen LogP contribution in [0, 0.1) is 28.1 Å². The lowest BCUT2D eigenvalue weighted by atomic mass is 9.49. The highest BCUT2D eigenvalue weighted by Gasteiger charge is 2.67. The van der Waals surface area contributed by atoms with Gasteiger partial charge in [0.25, 0.3) is 5.91 Å². The molecule has 1 N–H and O–H groups in total. The first kappa shape index (κ1) is 28.2. The number of rotatable bonds is 6. The van der Waals surface area contributed by atoms with Gasteiger partial charge in [-0.25, -0.2) is 9.97 Å². The van der Waals surface area contributed by atoms with Gasteiger partial charge >= 0.3 is 0 Å². The maximum atomic E-state index is 13.6. The van der Waals surface area contributed by atoms with Crippen molar-refractivity contribution < 1.29 is 9.53 Å². The summed E-state index contributed by atoms with van der Waals surface area (Å²) in [6.45, 7) is 16.6. The van der Waals surface area contributed by atoms with Gasteiger partial charge in [-0.05, 0) is 30.9 Å². The van der Waals surface area contributed by atoms with E-state index in [0.29, 0.717) is 28.6 Å². The molecule has 4 aliphatic rings. The molecule has 1 aromatic heterocycles. The van der Waals surface area contributed by atoms with Crippen molar-refractivity contribution in [1.82, 2.24) is 25.1 Å². The molecule has 1 amide bonds. The number of piperazine rings is 1. The third-order valence-electron chi connectivity index (χ3n) is 9.67. The molecule has 218 valence electrons. The first-order chi connectivity index (χ1) is 19.6. The summed E-state index contributed by atoms with van der Waals surface area (Å²) < 4.78 is 6.44. The molecule has 6 rings (SSSR count). The van der Waals surface area contributed by atoms with Gasteiger partial charge in [-0.3, -0.25) is 4.79 Å². The van der Waals surface area contributed by atoms with Crippen molar-refractivity contribution in [3.8, 4) is 11.8 Å². The van der Waals surface area contributed by atoms with Gasteiger partial charge in [-0.15, -0.1) is 0 Å². The van der Waals surface area contributed by atoms with Crippen LogP contribution in [0.2, 0.25) is 5.02 Å². The minimum Gasteiger partial charge on any atom is -0.489 e. The normalized spacial score (nSPS) is 25.9. The highest BCUT2D eigenvalue weighted by Crippen LogP contribution is 2.59. The number of piperidine rings is 1. The maximum absolute atomic E-state index is 13.6. The first-order valence-corrected chi connectivity index (χ1v) is 15.2. The third kappa shape index (κ3) is 5.04. The quantitative estimate of drug-likeness (QED) is 0.551. The topological polar surface area (TPSA) is 97.6 Å². The lowest BCUT2D eigenvalue weighted by molar-refractivity contribution is -0.199. The summed E-state index contributed by atoms with van der Waals surface area (Å²) in [6, 6.07) is 7.19. The Bertz CT molecular complexity index is 1340. The van der Waals surface area contributed by atoms with Crippen molar-refractivity contribution >= 4 is 23.3 Å². The second kappa shape index (κ2) is 10.7. The number of anilines is 1. The number of fused-ring (bicyclic) bond motifs is 1. The monoisotopic (exact) mass is 577 g/mol. The molecule has 0 atom stereocenters. The molecule has 10 heteroatoms. The van der Waals surface area contributed by atoms with Crippen molar-refractivity contribution in [3.63, 3.8) is 0 Å². The van der Waals surface area contributed by atoms with E-state index in [1.54, 1.807) is 24.4 Å². The Hall–Kier alpha value is -2.93. The van der Waals surface area contributed by atoms with Crippen LogP contribution in [-0.4, -0.2) is 83.6 Å². The van der Waals surface area contributed by atoms with Crippen molar-refractivity contribution in [2.45, 2.75) is 59.2 Å². The molecular formula is C31H40ClN7O2. The van der Waals surface area contributed by atoms with Crippen molar-refractivity contribution in [3.05, 3.63) is 46.4 Å². The third-order valence-corrected chi connectivity index (χ3v) is 9.98. The van der Waals surface area contributed by atoms with Crippen LogP contribution in [0.25, 0.3) is 0 Å². The molecule has 0 spiro atoms. The van der Waals surface area contributed by atoms with Gasteiger partial charge in [0.1, 0.15) is 23.7 Å². The van der Waals surface area contributed by atoms with Crippen LogP contribution in [0.15, 0.2) is 24.4 Å². The Kier molecular flexibility index (Phi) is 7.37. The number of hydrogen-bond acceptors (Lipinski definition) is 8. The number of hydrogen-bond donors (Lipinski definition) is 1. The number of benzene rings is 1. The summed E-state index contributed by atoms with van der Waals surface area (Å²) in [5, 5.41) is 13.0. The molecule has 1 aromatic carbocycles. The zero-order valence-corrected chi connectivity index (χ0v) is 25.2. The van der Waals surface area contributed by atoms with Crippen LogP contribution in [0.3, 0.4) is 0 Å². The summed E-state index contributed by atoms with van der Waals surface area (Å²) in [4.78, 5) is 30.1. The predicted molar refractivity (Wildman–Crippen MR) is 158 cm³/mol. The van der Waals surface area contributed by atoms with Crippen LogP contribution in [0.1, 0.15) is 62.3 Å². The van der Waals surface area contributed by atoms with E-state index in [4.69, 9.17) is 21.3 Å². The van der Waals surface area contributed by atoms with Crippen LogP contribution in [0.5, 0.6) is 5.75 Å². The summed E-state index contributed by atoms with van der Waals surface area (Å²) in [5.74, 6) is 2.17. The summed E-state index contributed by atoms with van der Waals surface area (Å²) in [6.07, 6.45) is 3.95. The van der Waals surface area contributed by atoms with E-state index < -0.39 is 0 Å². The fourth-order valence-electron chi connectivity index (χ4n) is 8.05. The highest BCUT2D eigenvalue weighted by molar-refractivity contribution is 6.31. The molecule has 3 fully saturated rings. The van der Waals surface area contributed by atoms with E-state index in [0.717, 1.165) is 69.5 Å². The fraction of sp³-hybridized carbons (Fsp3) is 0.613. The van der Waals surface area contributed by atoms with Crippen LogP contribution < -0.4 is 15.0 Å². The van der Waals surface area contributed by atoms with Crippen LogP contribution in [-0.2, 0) is 6.54 Å². The second-order valence-corrected chi connectivity index (χ2v) is 13.6. The Morgan fingerprint density at radius 3 is 2.49 bits per heavy atom. The smallest absolute Gasteiger partial charge is 0.275 e. The number of amides is 1. The number of carbonyl (C=O) groups is 1. The van der Waals surface area contributed by atoms with Gasteiger partial charge in [0.05, 0.1) is 29.0 Å². The Morgan fingerprint density at radius 1 is 1.12 bits per heavy atom. The van der Waals surface area contributed by atoms with Gasteiger partial charge in [-0.2, -0.15) is 5.26 Å². The molecule has 2 saturated heterocycles. The molecule has 9 nitrogen and oxygen atoms in total. The standard InChI is InChI=1S/C31H40ClN7O2/c1-30(2)28(31(3,4)29(30)41-22-6-5-21(16-33)23(32)15-22)39-19-24-26(27(39)40)35-17-25(36-24)38-11-7-20(8-12-38)18-37-13-9-34-10-14-37/h5-6,15,17,20,28-29,34H,7-14,18-19H2,1-4H3/t28-,29-. The number of nitriles is 1. The fourth-order valence-corrected chi connectivity index (χ4v) is 8.26. The van der Waals surface area contributed by atoms with E-state index in [1.807, 2.05) is 4.90 Å². The van der Waals surface area contributed by atoms with Crippen LogP contribution in [0.4, 0.5) is 5.82 Å². The highest BCUT2D eigenvalue weighted by atomic mass is 35.5. The summed E-state index contributed by atoms with van der Waals surface area (Å²) in [5.41, 5.74) is 1.01. The zero-order valence-electron chi connectivity index (χ0n) is 24.5. The second-order valence-electron chi connectivity index (χ2n) is 13.2. The summed E-state index contributed by atoms with van der Waals surface area (Å²) >= 11 is 6.26. The van der Waals surface area contributed by atoms with Gasteiger partial charge < -0.3 is 24.8 Å². The molecule has 4 heterocycles. The van der Waals surface area contributed by atoms with E-state index in [2.05, 4.69) is 53.9 Å². The average Bonchev–Trinajstić information content (AvgIpc) is 3.26. The molecule has 0 unspecified atom stereocenters. The minimum atomic E-state index is -0.323. The molecule has 1 saturated carbocycles. The van der Waals surface area contributed by atoms with Crippen LogP contribution >= 0.6 is 11.6 Å². The Morgan fingerprint density at radius 2 is 1.83 bits per heavy atom. The van der Waals surface area contributed by atoms with Crippen molar-refractivity contribution in [2.75, 3.05) is 50.7 Å². The lowest BCUT2D eigenvalue weighted by Gasteiger charge is -2.65. The number of nitrogens with one attached hydrogen (secondary N) is 1. The van der Waals surface area contributed by atoms with Crippen molar-refractivity contribution in [2.24, 2.45) is 16.7 Å². The van der Waals surface area contributed by atoms with Crippen molar-refractivity contribution in [1.29, 1.82) is 5.26 Å². The SMILES string of the molecule is CC1(C)[C@H](Oc2ccc(C#N)c(Cl)c2)C(C)(C)[C@H]1N1Cc2nc(N3CCC(CN4CCNCC4)CC3)cnc2C1=O. The average molecular weight is 578 g/mol. The molecule has 3 aliphatic heterocycles. The zero-order chi connectivity index (χ0) is 28.9. The largest absolute Gasteiger partial charge is 0.489 e. The van der Waals surface area contributed by atoms with Gasteiger partial charge in [-0.1, -0.05) is 39.3 Å². The van der Waals surface area contributed by atoms with E-state index in [1.165, 1.54) is 6.54 Å². The minimum absolute atomic E-state index is 0.0541. The summed E-state index contributed by atoms with van der Waals surface area (Å²) in [7, 11) is 0. The number of aromatic nitrogens is 2. The van der Waals surface area contributed by atoms with Gasteiger partial charge in [0, 0.05) is 68.8 Å². The molecular weight excluding hydrogens is 538 g/mol. The Balaban J connectivity index is 1.11. The molecule has 2 aromatic rings. The predicted octanol–water partition coefficient (Wildman–Crippen LogP) is 3.96. The number of ether oxygens (including phenoxy) is 1. The lowest BCUT2D eigenvalue weighted by Crippen LogP contribution is -2.74. The number of halogens is 1. The number of carbonyl (C=O) groups excluding carboxylic acids is 1. The van der Waals surface area contributed by atoms with Gasteiger partial charge in [0.2, 0.25) is 0 Å². The number of nitrogens with zero attached hydrogens (tertiary/aromatic N) is 6. The molecule has 41 heavy (non-hydrogen) atoms. The maximum Gasteiger partial charge on any atom is 0.275 e. The van der Waals surface area contributed by atoms with Gasteiger partial charge in [0.15, 0.2) is 5.69 Å². The first-order valence-electron chi connectivity index (χ1n) is 14.8. The van der Waals surface area contributed by atoms with E-state index >= 15 is 0 Å². The van der Waals surface area contributed by atoms with E-state index in [-0.39, 0.29) is 28.9 Å². The molecule has 0 bridgehead atoms.